The number of aliphatic hydroxyl groups excluding tert-OH is 1. The topological polar surface area (TPSA) is 107 Å². The summed E-state index contributed by atoms with van der Waals surface area (Å²) in [6, 6.07) is 0. The molecular weight excluding hydrogens is 334 g/mol. The van der Waals surface area contributed by atoms with Gasteiger partial charge in [0.05, 0.1) is 30.1 Å². The second kappa shape index (κ2) is 8.63. The fourth-order valence-corrected chi connectivity index (χ4v) is 2.75. The lowest BCUT2D eigenvalue weighted by molar-refractivity contribution is 0.0779. The normalized spacial score (nSPS) is 17.2. The Balaban J connectivity index is 1.48. The van der Waals surface area contributed by atoms with E-state index in [2.05, 4.69) is 30.2 Å². The third-order valence-corrected chi connectivity index (χ3v) is 4.29. The number of carbonyl (C=O) groups is 1. The molecule has 0 radical (unpaired) electrons. The number of hydrogen-bond acceptors (Lipinski definition) is 8. The third kappa shape index (κ3) is 4.93. The van der Waals surface area contributed by atoms with Crippen LogP contribution in [0, 0.1) is 0 Å². The second-order valence-corrected chi connectivity index (χ2v) is 6.32. The Kier molecular flexibility index (Phi) is 6.03. The van der Waals surface area contributed by atoms with E-state index in [4.69, 9.17) is 0 Å². The van der Waals surface area contributed by atoms with Gasteiger partial charge >= 0.3 is 0 Å². The first-order chi connectivity index (χ1) is 12.6. The van der Waals surface area contributed by atoms with E-state index in [0.717, 1.165) is 25.2 Å². The summed E-state index contributed by atoms with van der Waals surface area (Å²) in [4.78, 5) is 32.8. The van der Waals surface area contributed by atoms with E-state index in [9.17, 15) is 9.90 Å². The monoisotopic (exact) mass is 357 g/mol. The first-order valence-electron chi connectivity index (χ1n) is 8.58. The number of nitrogens with zero attached hydrogens (tertiary/aromatic N) is 6. The van der Waals surface area contributed by atoms with Crippen molar-refractivity contribution in [3.63, 3.8) is 0 Å². The summed E-state index contributed by atoms with van der Waals surface area (Å²) < 4.78 is 0. The minimum absolute atomic E-state index is 0.120. The number of aromatic nitrogens is 4. The molecule has 1 amide bonds. The second-order valence-electron chi connectivity index (χ2n) is 6.32. The van der Waals surface area contributed by atoms with Crippen molar-refractivity contribution in [2.75, 3.05) is 38.5 Å². The van der Waals surface area contributed by atoms with Crippen LogP contribution in [0.2, 0.25) is 0 Å². The average Bonchev–Trinajstić information content (AvgIpc) is 3.10. The highest BCUT2D eigenvalue weighted by atomic mass is 16.3. The molecule has 1 aliphatic rings. The molecule has 138 valence electrons. The van der Waals surface area contributed by atoms with E-state index in [1.54, 1.807) is 30.5 Å². The lowest BCUT2D eigenvalue weighted by Gasteiger charge is -2.21. The Morgan fingerprint density at radius 2 is 2.12 bits per heavy atom. The van der Waals surface area contributed by atoms with Gasteiger partial charge in [-0.25, -0.2) is 9.97 Å². The van der Waals surface area contributed by atoms with Gasteiger partial charge in [0.15, 0.2) is 0 Å². The average molecular weight is 357 g/mol. The SMILES string of the molecule is CN(CCN1CCC(O)C1)C(=O)c1cnc(NCc2cnccn2)nc1. The quantitative estimate of drug-likeness (QED) is 0.714. The van der Waals surface area contributed by atoms with Crippen LogP contribution >= 0.6 is 0 Å². The maximum Gasteiger partial charge on any atom is 0.256 e. The van der Waals surface area contributed by atoms with Gasteiger partial charge in [-0.05, 0) is 6.42 Å². The molecule has 3 rings (SSSR count). The molecule has 0 aliphatic carbocycles. The van der Waals surface area contributed by atoms with Gasteiger partial charge < -0.3 is 15.3 Å². The van der Waals surface area contributed by atoms with E-state index in [1.807, 2.05) is 0 Å². The molecule has 1 unspecified atom stereocenters. The fourth-order valence-electron chi connectivity index (χ4n) is 2.75. The molecular formula is C17H23N7O2. The summed E-state index contributed by atoms with van der Waals surface area (Å²) in [5, 5.41) is 12.6. The lowest BCUT2D eigenvalue weighted by atomic mass is 10.3. The van der Waals surface area contributed by atoms with Gasteiger partial charge in [0.2, 0.25) is 5.95 Å². The van der Waals surface area contributed by atoms with Crippen molar-refractivity contribution in [2.24, 2.45) is 0 Å². The summed E-state index contributed by atoms with van der Waals surface area (Å²) in [6.45, 7) is 3.36. The van der Waals surface area contributed by atoms with Crippen LogP contribution in [0.1, 0.15) is 22.5 Å². The molecule has 2 aromatic heterocycles. The Morgan fingerprint density at radius 3 is 2.77 bits per heavy atom. The maximum atomic E-state index is 12.4. The highest BCUT2D eigenvalue weighted by Crippen LogP contribution is 2.09. The van der Waals surface area contributed by atoms with E-state index >= 15 is 0 Å². The molecule has 9 nitrogen and oxygen atoms in total. The van der Waals surface area contributed by atoms with E-state index in [1.165, 1.54) is 12.4 Å². The molecule has 0 bridgehead atoms. The number of rotatable bonds is 7. The molecule has 3 heterocycles. The zero-order chi connectivity index (χ0) is 18.4. The molecule has 0 saturated carbocycles. The predicted octanol–water partition coefficient (Wildman–Crippen LogP) is 0.0173. The minimum Gasteiger partial charge on any atom is -0.392 e. The summed E-state index contributed by atoms with van der Waals surface area (Å²) in [6.07, 6.45) is 8.50. The smallest absolute Gasteiger partial charge is 0.256 e. The van der Waals surface area contributed by atoms with Gasteiger partial charge in [-0.1, -0.05) is 0 Å². The van der Waals surface area contributed by atoms with Crippen LogP contribution in [0.3, 0.4) is 0 Å². The van der Waals surface area contributed by atoms with Gasteiger partial charge in [-0.3, -0.25) is 19.7 Å². The third-order valence-electron chi connectivity index (χ3n) is 4.29. The summed E-state index contributed by atoms with van der Waals surface area (Å²) in [5.74, 6) is 0.311. The molecule has 9 heteroatoms. The van der Waals surface area contributed by atoms with Crippen LogP contribution in [0.4, 0.5) is 5.95 Å². The first kappa shape index (κ1) is 18.2. The molecule has 1 atom stereocenters. The Bertz CT molecular complexity index is 711. The van der Waals surface area contributed by atoms with Crippen LogP contribution in [0.15, 0.2) is 31.0 Å². The van der Waals surface area contributed by atoms with E-state index in [-0.39, 0.29) is 12.0 Å². The molecule has 0 spiro atoms. The van der Waals surface area contributed by atoms with Gasteiger partial charge in [0, 0.05) is 58.0 Å². The highest BCUT2D eigenvalue weighted by Gasteiger charge is 2.21. The largest absolute Gasteiger partial charge is 0.392 e. The molecule has 26 heavy (non-hydrogen) atoms. The number of β-amino-alcohol motifs (C(OH)–C–C–N with tert-alkyl or cyclic N) is 1. The minimum atomic E-state index is -0.244. The number of anilines is 1. The molecule has 2 N–H and O–H groups in total. The number of hydrogen-bond donors (Lipinski definition) is 2. The van der Waals surface area contributed by atoms with Crippen molar-refractivity contribution >= 4 is 11.9 Å². The van der Waals surface area contributed by atoms with Crippen LogP contribution < -0.4 is 5.32 Å². The first-order valence-corrected chi connectivity index (χ1v) is 8.58. The van der Waals surface area contributed by atoms with Crippen molar-refractivity contribution in [3.05, 3.63) is 42.2 Å². The molecule has 1 aliphatic heterocycles. The van der Waals surface area contributed by atoms with Crippen molar-refractivity contribution in [1.82, 2.24) is 29.7 Å². The van der Waals surface area contributed by atoms with Crippen molar-refractivity contribution < 1.29 is 9.90 Å². The van der Waals surface area contributed by atoms with Gasteiger partial charge in [-0.2, -0.15) is 0 Å². The Labute approximate surface area is 152 Å². The predicted molar refractivity (Wildman–Crippen MR) is 95.4 cm³/mol. The lowest BCUT2D eigenvalue weighted by Crippen LogP contribution is -2.35. The number of aliphatic hydroxyl groups is 1. The maximum absolute atomic E-state index is 12.4. The van der Waals surface area contributed by atoms with E-state index in [0.29, 0.717) is 31.1 Å². The van der Waals surface area contributed by atoms with Crippen molar-refractivity contribution in [2.45, 2.75) is 19.1 Å². The summed E-state index contributed by atoms with van der Waals surface area (Å²) in [7, 11) is 1.76. The number of likely N-dealkylation sites (N-methyl/N-ethyl adjacent to an activating group) is 1. The van der Waals surface area contributed by atoms with Crippen molar-refractivity contribution in [3.8, 4) is 0 Å². The standard InChI is InChI=1S/C17H23N7O2/c1-23(6-7-24-5-2-15(25)12-24)16(26)13-8-20-17(21-9-13)22-11-14-10-18-3-4-19-14/h3-4,8-10,15,25H,2,5-7,11-12H2,1H3,(H,20,21,22). The van der Waals surface area contributed by atoms with Gasteiger partial charge in [0.25, 0.3) is 5.91 Å². The van der Waals surface area contributed by atoms with Gasteiger partial charge in [-0.15, -0.1) is 0 Å². The number of nitrogens with one attached hydrogen (secondary N) is 1. The Hall–Kier alpha value is -2.65. The molecule has 0 aromatic carbocycles. The molecule has 1 fully saturated rings. The highest BCUT2D eigenvalue weighted by molar-refractivity contribution is 5.93. The zero-order valence-corrected chi connectivity index (χ0v) is 14.7. The number of carbonyl (C=O) groups excluding carboxylic acids is 1. The van der Waals surface area contributed by atoms with Gasteiger partial charge in [0.1, 0.15) is 0 Å². The number of likely N-dealkylation sites (tertiary alicyclic amines) is 1. The van der Waals surface area contributed by atoms with Crippen LogP contribution in [-0.2, 0) is 6.54 Å². The Morgan fingerprint density at radius 1 is 1.31 bits per heavy atom. The van der Waals surface area contributed by atoms with E-state index < -0.39 is 0 Å². The van der Waals surface area contributed by atoms with Crippen LogP contribution in [-0.4, -0.2) is 80.1 Å². The summed E-state index contributed by atoms with van der Waals surface area (Å²) >= 11 is 0. The number of amides is 1. The van der Waals surface area contributed by atoms with Crippen LogP contribution in [0.5, 0.6) is 0 Å². The summed E-state index contributed by atoms with van der Waals surface area (Å²) in [5.41, 5.74) is 1.22. The van der Waals surface area contributed by atoms with Crippen LogP contribution in [0.25, 0.3) is 0 Å². The van der Waals surface area contributed by atoms with Crippen molar-refractivity contribution in [1.29, 1.82) is 0 Å². The molecule has 2 aromatic rings. The fraction of sp³-hybridized carbons (Fsp3) is 0.471. The molecule has 1 saturated heterocycles. The zero-order valence-electron chi connectivity index (χ0n) is 14.7.